The summed E-state index contributed by atoms with van der Waals surface area (Å²) in [6.07, 6.45) is 0. The van der Waals surface area contributed by atoms with E-state index in [0.717, 1.165) is 27.8 Å². The first-order chi connectivity index (χ1) is 15.1. The Kier molecular flexibility index (Phi) is 3.67. The number of para-hydroxylation sites is 3. The van der Waals surface area contributed by atoms with Crippen molar-refractivity contribution < 1.29 is 4.79 Å². The second-order valence-corrected chi connectivity index (χ2v) is 8.03. The number of fused-ring (bicyclic) bond motifs is 6. The van der Waals surface area contributed by atoms with E-state index in [9.17, 15) is 4.79 Å². The van der Waals surface area contributed by atoms with Gasteiger partial charge in [0.1, 0.15) is 0 Å². The number of imidazole rings is 1. The van der Waals surface area contributed by atoms with Crippen LogP contribution in [0.3, 0.4) is 0 Å². The highest BCUT2D eigenvalue weighted by molar-refractivity contribution is 6.30. The fourth-order valence-electron chi connectivity index (χ4n) is 4.47. The van der Waals surface area contributed by atoms with Gasteiger partial charge >= 0.3 is 0 Å². The zero-order valence-corrected chi connectivity index (χ0v) is 17.0. The third kappa shape index (κ3) is 2.44. The van der Waals surface area contributed by atoms with Crippen LogP contribution in [0.4, 0.5) is 11.6 Å². The zero-order valence-electron chi connectivity index (χ0n) is 16.3. The van der Waals surface area contributed by atoms with E-state index >= 15 is 0 Å². The predicted molar refractivity (Wildman–Crippen MR) is 121 cm³/mol. The quantitative estimate of drug-likeness (QED) is 0.509. The van der Waals surface area contributed by atoms with Crippen molar-refractivity contribution in [3.05, 3.63) is 88.9 Å². The fourth-order valence-corrected chi connectivity index (χ4v) is 4.60. The van der Waals surface area contributed by atoms with Crippen molar-refractivity contribution in [3.8, 4) is 0 Å². The maximum absolute atomic E-state index is 14.1. The minimum atomic E-state index is -1.36. The van der Waals surface area contributed by atoms with Gasteiger partial charge in [0.25, 0.3) is 5.91 Å². The molecule has 1 spiro atoms. The SMILES string of the molecule is NC1=N[C@@]2(C(=O)N(Cc3ccc(Cl)cc3)c3ccccc32)n2c(nc3ccccc32)N1. The highest BCUT2D eigenvalue weighted by Gasteiger charge is 2.56. The molecule has 6 rings (SSSR count). The molecule has 0 saturated carbocycles. The molecule has 0 unspecified atom stereocenters. The number of benzene rings is 3. The number of nitrogens with one attached hydrogen (secondary N) is 1. The van der Waals surface area contributed by atoms with E-state index < -0.39 is 5.66 Å². The van der Waals surface area contributed by atoms with Crippen LogP contribution in [0, 0.1) is 0 Å². The van der Waals surface area contributed by atoms with Crippen LogP contribution in [0.2, 0.25) is 5.02 Å². The van der Waals surface area contributed by atoms with E-state index in [2.05, 4.69) is 10.3 Å². The van der Waals surface area contributed by atoms with Gasteiger partial charge in [-0.1, -0.05) is 54.1 Å². The van der Waals surface area contributed by atoms with Gasteiger partial charge in [-0.25, -0.2) is 9.98 Å². The number of carbonyl (C=O) groups is 1. The molecule has 0 aliphatic carbocycles. The summed E-state index contributed by atoms with van der Waals surface area (Å²) < 4.78 is 1.85. The Bertz CT molecular complexity index is 1390. The molecule has 4 aromatic rings. The zero-order chi connectivity index (χ0) is 21.2. The normalized spacial score (nSPS) is 19.3. The van der Waals surface area contributed by atoms with Crippen LogP contribution in [-0.2, 0) is 17.0 Å². The minimum absolute atomic E-state index is 0.152. The van der Waals surface area contributed by atoms with Gasteiger partial charge in [0.15, 0.2) is 5.96 Å². The number of anilines is 2. The number of hydrogen-bond donors (Lipinski definition) is 2. The number of rotatable bonds is 2. The van der Waals surface area contributed by atoms with Gasteiger partial charge in [-0.15, -0.1) is 0 Å². The van der Waals surface area contributed by atoms with Crippen LogP contribution in [0.15, 0.2) is 77.8 Å². The number of halogens is 1. The second kappa shape index (κ2) is 6.33. The predicted octanol–water partition coefficient (Wildman–Crippen LogP) is 3.68. The van der Waals surface area contributed by atoms with Crippen LogP contribution in [0.5, 0.6) is 0 Å². The molecule has 3 aromatic carbocycles. The highest BCUT2D eigenvalue weighted by Crippen LogP contribution is 2.48. The van der Waals surface area contributed by atoms with E-state index in [1.165, 1.54) is 0 Å². The average Bonchev–Trinajstić information content (AvgIpc) is 3.25. The average molecular weight is 429 g/mol. The first-order valence-electron chi connectivity index (χ1n) is 9.84. The number of carbonyl (C=O) groups excluding carboxylic acids is 1. The number of hydrogen-bond acceptors (Lipinski definition) is 5. The van der Waals surface area contributed by atoms with Crippen molar-refractivity contribution in [2.45, 2.75) is 12.2 Å². The van der Waals surface area contributed by atoms with Crippen molar-refractivity contribution in [3.63, 3.8) is 0 Å². The fraction of sp³-hybridized carbons (Fsp3) is 0.0870. The summed E-state index contributed by atoms with van der Waals surface area (Å²) in [7, 11) is 0. The third-order valence-electron chi connectivity index (χ3n) is 5.77. The molecule has 0 fully saturated rings. The summed E-state index contributed by atoms with van der Waals surface area (Å²) in [5.74, 6) is 0.460. The first kappa shape index (κ1) is 18.0. The molecule has 8 heteroatoms. The number of nitrogens with zero attached hydrogens (tertiary/aromatic N) is 4. The third-order valence-corrected chi connectivity index (χ3v) is 6.03. The number of amides is 1. The lowest BCUT2D eigenvalue weighted by Gasteiger charge is -2.32. The Morgan fingerprint density at radius 2 is 1.74 bits per heavy atom. The van der Waals surface area contributed by atoms with Crippen molar-refractivity contribution >= 4 is 46.1 Å². The van der Waals surface area contributed by atoms with Crippen LogP contribution in [0.1, 0.15) is 11.1 Å². The molecule has 0 bridgehead atoms. The molecule has 0 saturated heterocycles. The van der Waals surface area contributed by atoms with Gasteiger partial charge in [0.2, 0.25) is 11.6 Å². The van der Waals surface area contributed by atoms with Gasteiger partial charge in [-0.05, 0) is 35.9 Å². The molecule has 1 amide bonds. The summed E-state index contributed by atoms with van der Waals surface area (Å²) in [5, 5.41) is 3.67. The van der Waals surface area contributed by atoms with Crippen molar-refractivity contribution in [2.75, 3.05) is 10.2 Å². The molecule has 1 atom stereocenters. The number of nitrogens with two attached hydrogens (primary N) is 1. The van der Waals surface area contributed by atoms with Crippen LogP contribution in [-0.4, -0.2) is 21.4 Å². The van der Waals surface area contributed by atoms with Crippen molar-refractivity contribution in [2.24, 2.45) is 10.7 Å². The lowest BCUT2D eigenvalue weighted by Crippen LogP contribution is -2.49. The molecule has 1 aromatic heterocycles. The smallest absolute Gasteiger partial charge is 0.281 e. The Hall–Kier alpha value is -3.84. The Morgan fingerprint density at radius 3 is 2.58 bits per heavy atom. The number of aliphatic imine (C=N–C) groups is 1. The molecule has 31 heavy (non-hydrogen) atoms. The summed E-state index contributed by atoms with van der Waals surface area (Å²) in [5.41, 5.74) is 8.89. The summed E-state index contributed by atoms with van der Waals surface area (Å²) in [4.78, 5) is 25.2. The molecular weight excluding hydrogens is 412 g/mol. The molecule has 3 heterocycles. The maximum atomic E-state index is 14.1. The van der Waals surface area contributed by atoms with Gasteiger partial charge < -0.3 is 10.6 Å². The summed E-state index contributed by atoms with van der Waals surface area (Å²) in [6, 6.07) is 22.8. The Morgan fingerprint density at radius 1 is 1.00 bits per heavy atom. The lowest BCUT2D eigenvalue weighted by molar-refractivity contribution is -0.124. The van der Waals surface area contributed by atoms with Gasteiger partial charge in [0.05, 0.1) is 23.3 Å². The maximum Gasteiger partial charge on any atom is 0.281 e. The Labute approximate surface area is 182 Å². The Balaban J connectivity index is 1.60. The largest absolute Gasteiger partial charge is 0.370 e. The molecular formula is C23H17ClN6O. The number of guanidine groups is 1. The van der Waals surface area contributed by atoms with Crippen LogP contribution in [0.25, 0.3) is 11.0 Å². The first-order valence-corrected chi connectivity index (χ1v) is 10.2. The van der Waals surface area contributed by atoms with E-state index in [1.807, 2.05) is 77.4 Å². The van der Waals surface area contributed by atoms with Gasteiger partial charge in [-0.2, -0.15) is 0 Å². The minimum Gasteiger partial charge on any atom is -0.370 e. The van der Waals surface area contributed by atoms with Crippen molar-refractivity contribution in [1.82, 2.24) is 9.55 Å². The monoisotopic (exact) mass is 428 g/mol. The molecule has 2 aliphatic rings. The van der Waals surface area contributed by atoms with E-state index in [1.54, 1.807) is 4.90 Å². The van der Waals surface area contributed by atoms with Gasteiger partial charge in [-0.3, -0.25) is 14.7 Å². The summed E-state index contributed by atoms with van der Waals surface area (Å²) in [6.45, 7) is 0.388. The van der Waals surface area contributed by atoms with E-state index in [0.29, 0.717) is 17.5 Å². The second-order valence-electron chi connectivity index (χ2n) is 7.59. The van der Waals surface area contributed by atoms with Gasteiger partial charge in [0, 0.05) is 10.6 Å². The molecule has 152 valence electrons. The van der Waals surface area contributed by atoms with Crippen molar-refractivity contribution in [1.29, 1.82) is 0 Å². The molecule has 0 radical (unpaired) electrons. The summed E-state index contributed by atoms with van der Waals surface area (Å²) >= 11 is 6.04. The number of aromatic nitrogens is 2. The molecule has 3 N–H and O–H groups in total. The standard InChI is InChI=1S/C23H17ClN6O/c24-15-11-9-14(10-12-15)13-29-18-7-3-1-5-16(18)23(20(29)31)28-21(25)27-22-26-17-6-2-4-8-19(17)30(22)23/h1-12H,13H2,(H3,25,26,27,28)/t23-/m1/s1. The molecule has 7 nitrogen and oxygen atoms in total. The lowest BCUT2D eigenvalue weighted by atomic mass is 10.00. The van der Waals surface area contributed by atoms with Crippen LogP contribution >= 0.6 is 11.6 Å². The topological polar surface area (TPSA) is 88.5 Å². The highest BCUT2D eigenvalue weighted by atomic mass is 35.5. The molecule has 2 aliphatic heterocycles. The van der Waals surface area contributed by atoms with Crippen LogP contribution < -0.4 is 16.0 Å². The van der Waals surface area contributed by atoms with E-state index in [4.69, 9.17) is 22.3 Å². The van der Waals surface area contributed by atoms with E-state index in [-0.39, 0.29) is 11.9 Å².